The molecule has 20 rings (SSSR count). The molecule has 0 saturated heterocycles. The molecule has 0 aliphatic carbocycles. The summed E-state index contributed by atoms with van der Waals surface area (Å²) in [5.74, 6) is 3.76. The zero-order chi connectivity index (χ0) is 78.9. The highest BCUT2D eigenvalue weighted by molar-refractivity contribution is 7.00. The van der Waals surface area contributed by atoms with E-state index in [4.69, 9.17) is 9.47 Å². The lowest BCUT2D eigenvalue weighted by atomic mass is 9.34. The van der Waals surface area contributed by atoms with Crippen molar-refractivity contribution in [2.24, 2.45) is 0 Å². The van der Waals surface area contributed by atoms with Crippen LogP contribution >= 0.6 is 0 Å². The lowest BCUT2D eigenvalue weighted by Crippen LogP contribution is -2.58. The molecule has 0 saturated carbocycles. The first-order valence-electron chi connectivity index (χ1n) is 41.3. The summed E-state index contributed by atoms with van der Waals surface area (Å²) in [6.45, 7) is 43.6. The molecule has 6 heterocycles. The van der Waals surface area contributed by atoms with Crippen LogP contribution in [0.25, 0.3) is 122 Å². The van der Waals surface area contributed by atoms with Crippen LogP contribution in [0.5, 0.6) is 23.0 Å². The third-order valence-corrected chi connectivity index (χ3v) is 26.1. The zero-order valence-corrected chi connectivity index (χ0v) is 69.6. The molecule has 2 aromatic heterocycles. The third kappa shape index (κ3) is 11.1. The SMILES string of the molecule is Cc1cc(C)c(-c2ccc3c(c2)c2cc(-c4c(C)cc(C)cc4CCc4cc(C)c(-c5ccc6c(c5)c5cc(-c7c(C)cc(C)cc7C)cc7c5n6-c5cc(C(C)(C)C)cc6c5B7c5ccc(C(C)(C)C)cc5O6)c(C)c4)cc4c2n3-c2cc(-c3ccccc3-c3ccccc3)cc3c2B4c2ccc(C(C)(C)C)cc2O3)c(C)c1. The molecule has 0 atom stereocenters. The van der Waals surface area contributed by atoms with E-state index in [2.05, 4.69) is 365 Å². The van der Waals surface area contributed by atoms with Crippen molar-refractivity contribution < 1.29 is 9.47 Å². The molecular weight excluding hydrogens is 1380 g/mol. The highest BCUT2D eigenvalue weighted by atomic mass is 16.5. The molecule has 16 aromatic rings. The second kappa shape index (κ2) is 25.5. The molecule has 4 nitrogen and oxygen atoms in total. The Balaban J connectivity index is 0.735. The second-order valence-corrected chi connectivity index (χ2v) is 37.4. The third-order valence-electron chi connectivity index (χ3n) is 26.1. The van der Waals surface area contributed by atoms with E-state index in [9.17, 15) is 0 Å². The maximum Gasteiger partial charge on any atom is 0.256 e. The van der Waals surface area contributed by atoms with Crippen LogP contribution in [-0.4, -0.2) is 22.6 Å². The van der Waals surface area contributed by atoms with Crippen molar-refractivity contribution in [2.75, 3.05) is 0 Å². The fourth-order valence-corrected chi connectivity index (χ4v) is 21.2. The molecule has 0 unspecified atom stereocenters. The van der Waals surface area contributed by atoms with Crippen LogP contribution in [0.2, 0.25) is 0 Å². The van der Waals surface area contributed by atoms with Gasteiger partial charge in [-0.3, -0.25) is 0 Å². The first-order chi connectivity index (χ1) is 54.5. The molecular formula is C108H98B2N2O2. The van der Waals surface area contributed by atoms with Gasteiger partial charge in [0.1, 0.15) is 23.0 Å². The summed E-state index contributed by atoms with van der Waals surface area (Å²) in [6.07, 6.45) is 1.77. The molecule has 0 bridgehead atoms. The summed E-state index contributed by atoms with van der Waals surface area (Å²) in [7, 11) is 0. The first-order valence-corrected chi connectivity index (χ1v) is 41.3. The van der Waals surface area contributed by atoms with Gasteiger partial charge in [-0.1, -0.05) is 231 Å². The molecule has 114 heavy (non-hydrogen) atoms. The predicted molar refractivity (Wildman–Crippen MR) is 487 cm³/mol. The van der Waals surface area contributed by atoms with Gasteiger partial charge in [-0.05, 0) is 337 Å². The Hall–Kier alpha value is -11.6. The topological polar surface area (TPSA) is 28.3 Å². The van der Waals surface area contributed by atoms with Crippen molar-refractivity contribution in [2.45, 2.75) is 161 Å². The Bertz CT molecular complexity index is 6840. The van der Waals surface area contributed by atoms with E-state index in [0.717, 1.165) is 41.4 Å². The molecule has 4 aliphatic heterocycles. The minimum atomic E-state index is -0.124. The van der Waals surface area contributed by atoms with Gasteiger partial charge in [0.15, 0.2) is 0 Å². The Kier molecular flexibility index (Phi) is 16.0. The molecule has 0 amide bonds. The minimum Gasteiger partial charge on any atom is -0.458 e. The van der Waals surface area contributed by atoms with Crippen LogP contribution in [0.4, 0.5) is 0 Å². The maximum absolute atomic E-state index is 7.47. The first kappa shape index (κ1) is 71.4. The van der Waals surface area contributed by atoms with Crippen LogP contribution in [0, 0.1) is 69.2 Å². The number of aryl methyl sites for hydroxylation is 12. The van der Waals surface area contributed by atoms with Crippen LogP contribution < -0.4 is 42.3 Å². The average Bonchev–Trinajstić information content (AvgIpc) is 1.47. The molecule has 14 aromatic carbocycles. The highest BCUT2D eigenvalue weighted by Gasteiger charge is 2.45. The van der Waals surface area contributed by atoms with Gasteiger partial charge in [0.05, 0.1) is 11.0 Å². The smallest absolute Gasteiger partial charge is 0.256 e. The summed E-state index contributed by atoms with van der Waals surface area (Å²) in [6, 6.07) is 87.7. The van der Waals surface area contributed by atoms with Crippen molar-refractivity contribution >= 4 is 89.8 Å². The number of ether oxygens (including phenoxy) is 2. The van der Waals surface area contributed by atoms with Gasteiger partial charge in [0.25, 0.3) is 13.4 Å². The van der Waals surface area contributed by atoms with Gasteiger partial charge in [-0.2, -0.15) is 0 Å². The van der Waals surface area contributed by atoms with E-state index in [1.54, 1.807) is 0 Å². The summed E-state index contributed by atoms with van der Waals surface area (Å²) in [4.78, 5) is 0. The fraction of sp³-hybridized carbons (Fsp3) is 0.222. The van der Waals surface area contributed by atoms with E-state index in [-0.39, 0.29) is 29.7 Å². The molecule has 0 radical (unpaired) electrons. The number of nitrogens with zero attached hydrogens (tertiary/aromatic N) is 2. The van der Waals surface area contributed by atoms with Crippen molar-refractivity contribution in [3.05, 3.63) is 308 Å². The van der Waals surface area contributed by atoms with Crippen LogP contribution in [0.3, 0.4) is 0 Å². The van der Waals surface area contributed by atoms with Crippen molar-refractivity contribution in [1.82, 2.24) is 9.13 Å². The van der Waals surface area contributed by atoms with E-state index >= 15 is 0 Å². The number of aromatic nitrogens is 2. The largest absolute Gasteiger partial charge is 0.458 e. The van der Waals surface area contributed by atoms with Crippen LogP contribution in [0.1, 0.15) is 146 Å². The lowest BCUT2D eigenvalue weighted by molar-refractivity contribution is 0.479. The van der Waals surface area contributed by atoms with Crippen LogP contribution in [0.15, 0.2) is 224 Å². The van der Waals surface area contributed by atoms with Crippen LogP contribution in [-0.2, 0) is 29.1 Å². The van der Waals surface area contributed by atoms with Crippen molar-refractivity contribution in [3.8, 4) is 101 Å². The molecule has 6 heteroatoms. The number of hydrogen-bond acceptors (Lipinski definition) is 2. The summed E-state index contributed by atoms with van der Waals surface area (Å²) in [5, 5.41) is 5.06. The number of hydrogen-bond donors (Lipinski definition) is 0. The Morgan fingerprint density at radius 2 is 0.693 bits per heavy atom. The maximum atomic E-state index is 7.47. The normalized spacial score (nSPS) is 13.2. The molecule has 0 N–H and O–H groups in total. The Labute approximate surface area is 673 Å². The average molecular weight is 1480 g/mol. The van der Waals surface area contributed by atoms with E-state index in [1.165, 1.54) is 232 Å². The van der Waals surface area contributed by atoms with Gasteiger partial charge in [0.2, 0.25) is 0 Å². The van der Waals surface area contributed by atoms with Gasteiger partial charge in [-0.15, -0.1) is 0 Å². The van der Waals surface area contributed by atoms with E-state index in [0.29, 0.717) is 0 Å². The summed E-state index contributed by atoms with van der Waals surface area (Å²) >= 11 is 0. The summed E-state index contributed by atoms with van der Waals surface area (Å²) in [5.41, 5.74) is 48.9. The quantitative estimate of drug-likeness (QED) is 0.135. The molecule has 558 valence electrons. The molecule has 0 spiro atoms. The van der Waals surface area contributed by atoms with E-state index < -0.39 is 0 Å². The summed E-state index contributed by atoms with van der Waals surface area (Å²) < 4.78 is 20.0. The Morgan fingerprint density at radius 1 is 0.289 bits per heavy atom. The monoisotopic (exact) mass is 1480 g/mol. The number of fused-ring (bicyclic) bond motifs is 14. The standard InChI is InChI=1S/C108H98B2N2O2/c1-59-39-62(4)98(63(5)40-59)72-31-37-90-83(47-72)85-50-76(52-89-104(85)111(90)92-53-74(81-28-24-23-27-80(81)70-25-21-20-22-26-70)54-96-102(92)109(89)86-35-33-77(106(11,12)13)56-94(86)113-96)101-66(8)43-61(3)44-71(101)30-29-69-45-67(9)99(68(10)46-69)73-32-38-91-82(48-73)84-49-75(100-64(6)41-60(2)42-65(100)7)51-88-105(84)112(91)93-55-79(108(17,18)19)58-97-103(93)110(88)87-36-34-78(107(14,15)16)57-95(87)114-97/h20-28,31-58H,29-30H2,1-19H3. The van der Waals surface area contributed by atoms with Gasteiger partial charge in [-0.25, -0.2) is 0 Å². The van der Waals surface area contributed by atoms with Gasteiger partial charge >= 0.3 is 0 Å². The number of benzene rings is 14. The Morgan fingerprint density at radius 3 is 1.18 bits per heavy atom. The predicted octanol–water partition coefficient (Wildman–Crippen LogP) is 24.5. The zero-order valence-electron chi connectivity index (χ0n) is 69.6. The van der Waals surface area contributed by atoms with Gasteiger partial charge < -0.3 is 18.6 Å². The highest BCUT2D eigenvalue weighted by Crippen LogP contribution is 2.49. The van der Waals surface area contributed by atoms with E-state index in [1.807, 2.05) is 0 Å². The fourth-order valence-electron chi connectivity index (χ4n) is 21.2. The lowest BCUT2D eigenvalue weighted by Gasteiger charge is -2.36. The minimum absolute atomic E-state index is 0.0286. The molecule has 0 fully saturated rings. The van der Waals surface area contributed by atoms with Gasteiger partial charge in [0, 0.05) is 44.0 Å². The van der Waals surface area contributed by atoms with Crippen molar-refractivity contribution in [3.63, 3.8) is 0 Å². The van der Waals surface area contributed by atoms with Crippen molar-refractivity contribution in [1.29, 1.82) is 0 Å². The second-order valence-electron chi connectivity index (χ2n) is 37.4. The number of rotatable bonds is 9. The molecule has 4 aliphatic rings.